The Labute approximate surface area is 139 Å². The van der Waals surface area contributed by atoms with Crippen molar-refractivity contribution in [2.45, 2.75) is 26.2 Å². The van der Waals surface area contributed by atoms with E-state index < -0.39 is 0 Å². The van der Waals surface area contributed by atoms with Gasteiger partial charge in [-0.15, -0.1) is 0 Å². The summed E-state index contributed by atoms with van der Waals surface area (Å²) >= 11 is 0. The van der Waals surface area contributed by atoms with Crippen molar-refractivity contribution in [3.8, 4) is 0 Å². The lowest BCUT2D eigenvalue weighted by atomic mass is 9.93. The SMILES string of the molecule is Cc1cccc(N2CCC(CC(=O)N3CCN(C)CC3)CC2)n1. The molecule has 0 atom stereocenters. The number of piperazine rings is 1. The fourth-order valence-corrected chi connectivity index (χ4v) is 3.50. The first kappa shape index (κ1) is 16.2. The molecule has 2 aliphatic heterocycles. The van der Waals surface area contributed by atoms with E-state index in [0.717, 1.165) is 70.0 Å². The monoisotopic (exact) mass is 316 g/mol. The second kappa shape index (κ2) is 7.30. The van der Waals surface area contributed by atoms with E-state index >= 15 is 0 Å². The van der Waals surface area contributed by atoms with Gasteiger partial charge in [0.25, 0.3) is 0 Å². The molecular formula is C18H28N4O. The minimum atomic E-state index is 0.352. The Bertz CT molecular complexity index is 532. The Morgan fingerprint density at radius 1 is 1.13 bits per heavy atom. The third-order valence-electron chi connectivity index (χ3n) is 5.13. The van der Waals surface area contributed by atoms with Gasteiger partial charge < -0.3 is 14.7 Å². The van der Waals surface area contributed by atoms with Gasteiger partial charge in [-0.1, -0.05) is 6.07 Å². The lowest BCUT2D eigenvalue weighted by Crippen LogP contribution is -2.47. The summed E-state index contributed by atoms with van der Waals surface area (Å²) in [6, 6.07) is 6.19. The van der Waals surface area contributed by atoms with E-state index in [1.165, 1.54) is 0 Å². The van der Waals surface area contributed by atoms with Crippen LogP contribution in [-0.2, 0) is 4.79 Å². The summed E-state index contributed by atoms with van der Waals surface area (Å²) < 4.78 is 0. The molecule has 0 spiro atoms. The van der Waals surface area contributed by atoms with Crippen molar-refractivity contribution in [1.29, 1.82) is 0 Å². The number of carbonyl (C=O) groups excluding carboxylic acids is 1. The second-order valence-electron chi connectivity index (χ2n) is 6.96. The van der Waals surface area contributed by atoms with E-state index in [1.54, 1.807) is 0 Å². The van der Waals surface area contributed by atoms with Gasteiger partial charge in [-0.05, 0) is 44.9 Å². The topological polar surface area (TPSA) is 39.7 Å². The molecule has 0 unspecified atom stereocenters. The molecule has 1 amide bonds. The van der Waals surface area contributed by atoms with Crippen LogP contribution in [0.1, 0.15) is 25.0 Å². The fraction of sp³-hybridized carbons (Fsp3) is 0.667. The highest BCUT2D eigenvalue weighted by Gasteiger charge is 2.25. The molecule has 0 bridgehead atoms. The van der Waals surface area contributed by atoms with Crippen LogP contribution >= 0.6 is 0 Å². The van der Waals surface area contributed by atoms with E-state index in [0.29, 0.717) is 11.8 Å². The van der Waals surface area contributed by atoms with Crippen molar-refractivity contribution in [1.82, 2.24) is 14.8 Å². The summed E-state index contributed by atoms with van der Waals surface area (Å²) in [7, 11) is 2.12. The molecule has 3 rings (SSSR count). The van der Waals surface area contributed by atoms with Crippen molar-refractivity contribution in [3.05, 3.63) is 23.9 Å². The zero-order chi connectivity index (χ0) is 16.2. The number of carbonyl (C=O) groups is 1. The lowest BCUT2D eigenvalue weighted by molar-refractivity contribution is -0.133. The third kappa shape index (κ3) is 4.22. The Morgan fingerprint density at radius 3 is 2.48 bits per heavy atom. The fourth-order valence-electron chi connectivity index (χ4n) is 3.50. The smallest absolute Gasteiger partial charge is 0.222 e. The number of hydrogen-bond donors (Lipinski definition) is 0. The summed E-state index contributed by atoms with van der Waals surface area (Å²) in [5.74, 6) is 1.96. The zero-order valence-corrected chi connectivity index (χ0v) is 14.4. The number of pyridine rings is 1. The minimum Gasteiger partial charge on any atom is -0.357 e. The van der Waals surface area contributed by atoms with Crippen LogP contribution < -0.4 is 4.90 Å². The van der Waals surface area contributed by atoms with Crippen LogP contribution in [0, 0.1) is 12.8 Å². The standard InChI is InChI=1S/C18H28N4O/c1-15-4-3-5-17(19-15)21-8-6-16(7-9-21)14-18(23)22-12-10-20(2)11-13-22/h3-5,16H,6-14H2,1-2H3. The quantitative estimate of drug-likeness (QED) is 0.852. The lowest BCUT2D eigenvalue weighted by Gasteiger charge is -2.36. The summed E-state index contributed by atoms with van der Waals surface area (Å²) in [6.45, 7) is 7.84. The first-order valence-corrected chi connectivity index (χ1v) is 8.77. The van der Waals surface area contributed by atoms with Gasteiger partial charge in [0.2, 0.25) is 5.91 Å². The van der Waals surface area contributed by atoms with Gasteiger partial charge in [0, 0.05) is 51.4 Å². The molecule has 126 valence electrons. The van der Waals surface area contributed by atoms with E-state index in [1.807, 2.05) is 13.0 Å². The van der Waals surface area contributed by atoms with E-state index in [-0.39, 0.29) is 0 Å². The van der Waals surface area contributed by atoms with Gasteiger partial charge in [0.1, 0.15) is 5.82 Å². The van der Waals surface area contributed by atoms with Crippen LogP contribution in [-0.4, -0.2) is 67.0 Å². The van der Waals surface area contributed by atoms with Gasteiger partial charge in [-0.2, -0.15) is 0 Å². The predicted octanol–water partition coefficient (Wildman–Crippen LogP) is 1.77. The summed E-state index contributed by atoms with van der Waals surface area (Å²) in [5.41, 5.74) is 1.06. The van der Waals surface area contributed by atoms with Crippen molar-refractivity contribution in [2.24, 2.45) is 5.92 Å². The van der Waals surface area contributed by atoms with Crippen molar-refractivity contribution in [2.75, 3.05) is 51.2 Å². The highest BCUT2D eigenvalue weighted by Crippen LogP contribution is 2.25. The summed E-state index contributed by atoms with van der Waals surface area (Å²) in [4.78, 5) is 23.7. The average molecular weight is 316 g/mol. The minimum absolute atomic E-state index is 0.352. The summed E-state index contributed by atoms with van der Waals surface area (Å²) in [6.07, 6.45) is 2.91. The molecule has 0 aromatic carbocycles. The van der Waals surface area contributed by atoms with Crippen LogP contribution in [0.4, 0.5) is 5.82 Å². The molecule has 0 aliphatic carbocycles. The van der Waals surface area contributed by atoms with Gasteiger partial charge in [0.15, 0.2) is 0 Å². The molecule has 23 heavy (non-hydrogen) atoms. The van der Waals surface area contributed by atoms with E-state index in [4.69, 9.17) is 0 Å². The van der Waals surface area contributed by atoms with Gasteiger partial charge in [-0.25, -0.2) is 4.98 Å². The first-order valence-electron chi connectivity index (χ1n) is 8.77. The molecule has 0 radical (unpaired) electrons. The Kier molecular flexibility index (Phi) is 5.16. The number of amides is 1. The van der Waals surface area contributed by atoms with Gasteiger partial charge in [0.05, 0.1) is 0 Å². The highest BCUT2D eigenvalue weighted by molar-refractivity contribution is 5.76. The Hall–Kier alpha value is -1.62. The molecule has 1 aromatic heterocycles. The van der Waals surface area contributed by atoms with E-state index in [2.05, 4.69) is 38.9 Å². The number of anilines is 1. The van der Waals surface area contributed by atoms with Gasteiger partial charge >= 0.3 is 0 Å². The van der Waals surface area contributed by atoms with Gasteiger partial charge in [-0.3, -0.25) is 4.79 Å². The second-order valence-corrected chi connectivity index (χ2v) is 6.96. The molecule has 2 saturated heterocycles. The van der Waals surface area contributed by atoms with Crippen LogP contribution in [0.5, 0.6) is 0 Å². The third-order valence-corrected chi connectivity index (χ3v) is 5.13. The number of nitrogens with zero attached hydrogens (tertiary/aromatic N) is 4. The number of aromatic nitrogens is 1. The first-order chi connectivity index (χ1) is 11.1. The molecule has 0 saturated carbocycles. The van der Waals surface area contributed by atoms with E-state index in [9.17, 15) is 4.79 Å². The summed E-state index contributed by atoms with van der Waals surface area (Å²) in [5, 5.41) is 0. The zero-order valence-electron chi connectivity index (χ0n) is 14.4. The number of hydrogen-bond acceptors (Lipinski definition) is 4. The van der Waals surface area contributed by atoms with Crippen LogP contribution in [0.2, 0.25) is 0 Å². The highest BCUT2D eigenvalue weighted by atomic mass is 16.2. The van der Waals surface area contributed by atoms with Crippen molar-refractivity contribution in [3.63, 3.8) is 0 Å². The number of aryl methyl sites for hydroxylation is 1. The maximum Gasteiger partial charge on any atom is 0.222 e. The molecule has 5 heteroatoms. The normalized spacial score (nSPS) is 20.8. The molecule has 1 aromatic rings. The number of likely N-dealkylation sites (N-methyl/N-ethyl adjacent to an activating group) is 1. The predicted molar refractivity (Wildman–Crippen MR) is 92.6 cm³/mol. The molecular weight excluding hydrogens is 288 g/mol. The molecule has 2 aliphatic rings. The largest absolute Gasteiger partial charge is 0.357 e. The van der Waals surface area contributed by atoms with Crippen LogP contribution in [0.3, 0.4) is 0 Å². The average Bonchev–Trinajstić information content (AvgIpc) is 2.56. The van der Waals surface area contributed by atoms with Crippen molar-refractivity contribution < 1.29 is 4.79 Å². The molecule has 2 fully saturated rings. The molecule has 3 heterocycles. The number of piperidine rings is 1. The Morgan fingerprint density at radius 2 is 1.83 bits per heavy atom. The maximum atomic E-state index is 12.5. The maximum absolute atomic E-state index is 12.5. The molecule has 5 nitrogen and oxygen atoms in total. The Balaban J connectivity index is 1.46. The van der Waals surface area contributed by atoms with Crippen molar-refractivity contribution >= 4 is 11.7 Å². The number of rotatable bonds is 3. The van der Waals surface area contributed by atoms with Crippen LogP contribution in [0.15, 0.2) is 18.2 Å². The molecule has 0 N–H and O–H groups in total. The van der Waals surface area contributed by atoms with Crippen LogP contribution in [0.25, 0.3) is 0 Å².